The van der Waals surface area contributed by atoms with Crippen molar-refractivity contribution in [2.75, 3.05) is 6.61 Å². The highest BCUT2D eigenvalue weighted by Gasteiger charge is 2.23. The van der Waals surface area contributed by atoms with Gasteiger partial charge in [0, 0.05) is 6.42 Å². The Morgan fingerprint density at radius 2 is 2.05 bits per heavy atom. The van der Waals surface area contributed by atoms with Gasteiger partial charge in [-0.15, -0.1) is 6.42 Å². The fraction of sp³-hybridized carbons (Fsp3) is 0.667. The minimum Gasteiger partial charge on any atom is -0.465 e. The van der Waals surface area contributed by atoms with Gasteiger partial charge in [-0.3, -0.25) is 9.59 Å². The van der Waals surface area contributed by atoms with Crippen molar-refractivity contribution in [1.82, 2.24) is 0 Å². The predicted molar refractivity (Wildman–Crippen MR) is 73.2 cm³/mol. The summed E-state index contributed by atoms with van der Waals surface area (Å²) >= 11 is 0. The summed E-state index contributed by atoms with van der Waals surface area (Å²) in [6, 6.07) is 1.88. The van der Waals surface area contributed by atoms with E-state index in [1.54, 1.807) is 20.8 Å². The van der Waals surface area contributed by atoms with Crippen molar-refractivity contribution >= 4 is 11.9 Å². The number of terminal acetylenes is 1. The maximum absolute atomic E-state index is 11.7. The Labute approximate surface area is 120 Å². The number of rotatable bonds is 8. The molecule has 1 unspecified atom stereocenters. The number of esters is 2. The first-order valence-corrected chi connectivity index (χ1v) is 6.55. The lowest BCUT2D eigenvalue weighted by Gasteiger charge is -2.21. The molecule has 0 rings (SSSR count). The maximum atomic E-state index is 11.7. The Bertz CT molecular complexity index is 415. The van der Waals surface area contributed by atoms with Crippen LogP contribution in [-0.2, 0) is 19.1 Å². The Morgan fingerprint density at radius 3 is 2.60 bits per heavy atom. The zero-order valence-corrected chi connectivity index (χ0v) is 12.3. The van der Waals surface area contributed by atoms with E-state index in [9.17, 15) is 9.59 Å². The Hall–Kier alpha value is -2.01. The largest absolute Gasteiger partial charge is 0.465 e. The quantitative estimate of drug-likeness (QED) is 0.387. The van der Waals surface area contributed by atoms with E-state index in [0.29, 0.717) is 12.8 Å². The van der Waals surface area contributed by atoms with Crippen molar-refractivity contribution in [3.63, 3.8) is 0 Å². The summed E-state index contributed by atoms with van der Waals surface area (Å²) in [4.78, 5) is 23.0. The molecular formula is C15H21NO4. The Kier molecular flexibility index (Phi) is 8.08. The molecule has 0 aromatic carbocycles. The Balaban J connectivity index is 3.91. The summed E-state index contributed by atoms with van der Waals surface area (Å²) < 4.78 is 9.98. The van der Waals surface area contributed by atoms with E-state index >= 15 is 0 Å². The molecule has 0 aromatic rings. The van der Waals surface area contributed by atoms with Gasteiger partial charge in [0.1, 0.15) is 6.61 Å². The van der Waals surface area contributed by atoms with Gasteiger partial charge in [-0.25, -0.2) is 0 Å². The highest BCUT2D eigenvalue weighted by molar-refractivity contribution is 5.73. The molecule has 1 atom stereocenters. The molecule has 0 fully saturated rings. The first kappa shape index (κ1) is 18.0. The summed E-state index contributed by atoms with van der Waals surface area (Å²) in [7, 11) is 0. The van der Waals surface area contributed by atoms with Crippen molar-refractivity contribution in [3.05, 3.63) is 0 Å². The zero-order valence-electron chi connectivity index (χ0n) is 12.3. The van der Waals surface area contributed by atoms with Crippen LogP contribution in [-0.4, -0.2) is 24.1 Å². The lowest BCUT2D eigenvalue weighted by atomic mass is 10.0. The average molecular weight is 279 g/mol. The van der Waals surface area contributed by atoms with E-state index in [2.05, 4.69) is 5.92 Å². The molecule has 0 spiro atoms. The topological polar surface area (TPSA) is 76.4 Å². The number of carbonyl (C=O) groups excluding carboxylic acids is 2. The van der Waals surface area contributed by atoms with E-state index < -0.39 is 5.60 Å². The fourth-order valence-electron chi connectivity index (χ4n) is 1.33. The normalized spacial score (nSPS) is 11.8. The number of hydrogen-bond donors (Lipinski definition) is 0. The van der Waals surface area contributed by atoms with Crippen LogP contribution in [0.3, 0.4) is 0 Å². The van der Waals surface area contributed by atoms with E-state index in [1.165, 1.54) is 0 Å². The van der Waals surface area contributed by atoms with Gasteiger partial charge in [-0.1, -0.05) is 12.8 Å². The van der Waals surface area contributed by atoms with Crippen LogP contribution in [0.2, 0.25) is 0 Å². The average Bonchev–Trinajstić information content (AvgIpc) is 2.38. The van der Waals surface area contributed by atoms with Crippen molar-refractivity contribution < 1.29 is 19.1 Å². The third kappa shape index (κ3) is 8.16. The van der Waals surface area contributed by atoms with Crippen LogP contribution in [0.5, 0.6) is 0 Å². The summed E-state index contributed by atoms with van der Waals surface area (Å²) in [5, 5.41) is 8.30. The molecule has 0 N–H and O–H groups in total. The third-order valence-corrected chi connectivity index (χ3v) is 2.60. The molecule has 0 saturated carbocycles. The molecule has 0 aliphatic rings. The second-order valence-corrected chi connectivity index (χ2v) is 5.00. The standard InChI is InChI=1S/C15H21NO4/c1-5-15(3,4)20-14(18)12(2)8-6-9-13(17)19-11-7-10-16/h1,12H,6-9,11H2,2-4H3. The summed E-state index contributed by atoms with van der Waals surface area (Å²) in [5.74, 6) is 1.34. The van der Waals surface area contributed by atoms with E-state index in [-0.39, 0.29) is 37.3 Å². The molecule has 0 saturated heterocycles. The lowest BCUT2D eigenvalue weighted by Crippen LogP contribution is -2.29. The number of nitriles is 1. The van der Waals surface area contributed by atoms with Crippen molar-refractivity contribution in [1.29, 1.82) is 5.26 Å². The van der Waals surface area contributed by atoms with Crippen LogP contribution >= 0.6 is 0 Å². The van der Waals surface area contributed by atoms with Gasteiger partial charge in [-0.2, -0.15) is 5.26 Å². The first-order valence-electron chi connectivity index (χ1n) is 6.55. The molecular weight excluding hydrogens is 258 g/mol. The molecule has 0 radical (unpaired) electrons. The minimum absolute atomic E-state index is 0.114. The first-order chi connectivity index (χ1) is 9.32. The number of carbonyl (C=O) groups is 2. The monoisotopic (exact) mass is 279 g/mol. The SMILES string of the molecule is C#CC(C)(C)OC(=O)C(C)CCCC(=O)OCCC#N. The van der Waals surface area contributed by atoms with Crippen molar-refractivity contribution in [2.45, 2.75) is 52.1 Å². The molecule has 0 aliphatic heterocycles. The predicted octanol–water partition coefficient (Wildman–Crippen LogP) is 2.20. The van der Waals surface area contributed by atoms with E-state index in [0.717, 1.165) is 0 Å². The highest BCUT2D eigenvalue weighted by atomic mass is 16.6. The van der Waals surface area contributed by atoms with Gasteiger partial charge in [0.2, 0.25) is 0 Å². The molecule has 5 heteroatoms. The molecule has 0 aromatic heterocycles. The van der Waals surface area contributed by atoms with Crippen LogP contribution in [0.4, 0.5) is 0 Å². The van der Waals surface area contributed by atoms with Gasteiger partial charge in [0.05, 0.1) is 18.4 Å². The molecule has 0 aliphatic carbocycles. The minimum atomic E-state index is -0.915. The molecule has 110 valence electrons. The van der Waals surface area contributed by atoms with Gasteiger partial charge in [0.15, 0.2) is 5.60 Å². The van der Waals surface area contributed by atoms with Crippen LogP contribution in [0.1, 0.15) is 46.5 Å². The molecule has 5 nitrogen and oxygen atoms in total. The molecule has 0 amide bonds. The van der Waals surface area contributed by atoms with Crippen LogP contribution in [0.15, 0.2) is 0 Å². The molecule has 20 heavy (non-hydrogen) atoms. The lowest BCUT2D eigenvalue weighted by molar-refractivity contribution is -0.157. The van der Waals surface area contributed by atoms with Crippen LogP contribution in [0, 0.1) is 29.6 Å². The van der Waals surface area contributed by atoms with Gasteiger partial charge >= 0.3 is 11.9 Å². The Morgan fingerprint density at radius 1 is 1.40 bits per heavy atom. The van der Waals surface area contributed by atoms with Crippen LogP contribution in [0.25, 0.3) is 0 Å². The van der Waals surface area contributed by atoms with Gasteiger partial charge in [0.25, 0.3) is 0 Å². The maximum Gasteiger partial charge on any atom is 0.310 e. The molecule has 0 heterocycles. The number of nitrogens with zero attached hydrogens (tertiary/aromatic N) is 1. The summed E-state index contributed by atoms with van der Waals surface area (Å²) in [6.07, 6.45) is 6.70. The van der Waals surface area contributed by atoms with E-state index in [1.807, 2.05) is 6.07 Å². The van der Waals surface area contributed by atoms with Gasteiger partial charge in [-0.05, 0) is 26.7 Å². The highest BCUT2D eigenvalue weighted by Crippen LogP contribution is 2.15. The number of ether oxygens (including phenoxy) is 2. The molecule has 0 bridgehead atoms. The zero-order chi connectivity index (χ0) is 15.6. The second kappa shape index (κ2) is 8.98. The summed E-state index contributed by atoms with van der Waals surface area (Å²) in [5.41, 5.74) is -0.915. The van der Waals surface area contributed by atoms with Crippen LogP contribution < -0.4 is 0 Å². The number of hydrogen-bond acceptors (Lipinski definition) is 5. The second-order valence-electron chi connectivity index (χ2n) is 5.00. The van der Waals surface area contributed by atoms with Crippen molar-refractivity contribution in [2.24, 2.45) is 5.92 Å². The smallest absolute Gasteiger partial charge is 0.310 e. The third-order valence-electron chi connectivity index (χ3n) is 2.60. The van der Waals surface area contributed by atoms with Crippen molar-refractivity contribution in [3.8, 4) is 18.4 Å². The summed E-state index contributed by atoms with van der Waals surface area (Å²) in [6.45, 7) is 5.13. The fourth-order valence-corrected chi connectivity index (χ4v) is 1.33. The van der Waals surface area contributed by atoms with Gasteiger partial charge < -0.3 is 9.47 Å². The van der Waals surface area contributed by atoms with E-state index in [4.69, 9.17) is 21.2 Å².